The minimum Gasteiger partial charge on any atom is -0.308 e. The zero-order chi connectivity index (χ0) is 36.3. The second kappa shape index (κ2) is 12.9. The highest BCUT2D eigenvalue weighted by Gasteiger charge is 2.25. The minimum absolute atomic E-state index is 0.657. The van der Waals surface area contributed by atoms with Gasteiger partial charge < -0.3 is 4.90 Å². The summed E-state index contributed by atoms with van der Waals surface area (Å²) >= 11 is 1.83. The average molecular weight is 721 g/mol. The number of anilines is 3. The van der Waals surface area contributed by atoms with E-state index >= 15 is 0 Å². The summed E-state index contributed by atoms with van der Waals surface area (Å²) in [5.41, 5.74) is 13.3. The summed E-state index contributed by atoms with van der Waals surface area (Å²) in [5, 5.41) is 3.36. The molecule has 3 heterocycles. The monoisotopic (exact) mass is 720 g/mol. The van der Waals surface area contributed by atoms with Crippen LogP contribution in [0.2, 0.25) is 0 Å². The normalized spacial score (nSPS) is 12.3. The van der Waals surface area contributed by atoms with E-state index in [-0.39, 0.29) is 0 Å². The van der Waals surface area contributed by atoms with Crippen LogP contribution in [0.5, 0.6) is 0 Å². The van der Waals surface area contributed by atoms with E-state index in [2.05, 4.69) is 191 Å². The first kappa shape index (κ1) is 31.6. The summed E-state index contributed by atoms with van der Waals surface area (Å²) < 4.78 is 2.22. The van der Waals surface area contributed by atoms with Crippen molar-refractivity contribution in [2.75, 3.05) is 4.90 Å². The smallest absolute Gasteiger partial charge is 0.235 e. The molecule has 0 amide bonds. The largest absolute Gasteiger partial charge is 0.308 e. The van der Waals surface area contributed by atoms with Crippen molar-refractivity contribution in [2.45, 2.75) is 9.79 Å². The summed E-state index contributed by atoms with van der Waals surface area (Å²) in [6.07, 6.45) is 0. The highest BCUT2D eigenvalue weighted by Crippen LogP contribution is 2.52. The zero-order valence-corrected chi connectivity index (χ0v) is 30.5. The number of hydrogen-bond donors (Lipinski definition) is 0. The van der Waals surface area contributed by atoms with Crippen molar-refractivity contribution in [1.82, 2.24) is 14.5 Å². The van der Waals surface area contributed by atoms with Gasteiger partial charge in [-0.05, 0) is 82.9 Å². The molecule has 5 heteroatoms. The molecule has 0 bridgehead atoms. The molecule has 4 nitrogen and oxygen atoms in total. The molecule has 8 aromatic carbocycles. The number of nitrogens with zero attached hydrogens (tertiary/aromatic N) is 4. The van der Waals surface area contributed by atoms with E-state index in [4.69, 9.17) is 9.97 Å². The molecular formula is C50H32N4S. The Balaban J connectivity index is 1.04. The van der Waals surface area contributed by atoms with Crippen LogP contribution in [-0.2, 0) is 0 Å². The molecule has 0 saturated heterocycles. The molecule has 0 radical (unpaired) electrons. The highest BCUT2D eigenvalue weighted by molar-refractivity contribution is 7.99. The quantitative estimate of drug-likeness (QED) is 0.177. The lowest BCUT2D eigenvalue weighted by Crippen LogP contribution is -2.14. The molecule has 1 aliphatic rings. The Labute approximate surface area is 323 Å². The predicted molar refractivity (Wildman–Crippen MR) is 229 cm³/mol. The average Bonchev–Trinajstić information content (AvgIpc) is 3.59. The van der Waals surface area contributed by atoms with Crippen molar-refractivity contribution in [3.63, 3.8) is 0 Å². The lowest BCUT2D eigenvalue weighted by atomic mass is 10.0. The molecular weight excluding hydrogens is 689 g/mol. The Kier molecular flexibility index (Phi) is 7.39. The lowest BCUT2D eigenvalue weighted by molar-refractivity contribution is 1.01. The molecule has 55 heavy (non-hydrogen) atoms. The van der Waals surface area contributed by atoms with Crippen LogP contribution in [0.15, 0.2) is 204 Å². The third-order valence-corrected chi connectivity index (χ3v) is 11.7. The van der Waals surface area contributed by atoms with Crippen LogP contribution >= 0.6 is 11.8 Å². The van der Waals surface area contributed by atoms with Gasteiger partial charge in [-0.25, -0.2) is 9.97 Å². The Morgan fingerprint density at radius 1 is 0.382 bits per heavy atom. The van der Waals surface area contributed by atoms with E-state index in [1.165, 1.54) is 54.2 Å². The Morgan fingerprint density at radius 2 is 0.982 bits per heavy atom. The Morgan fingerprint density at radius 3 is 1.84 bits per heavy atom. The molecule has 0 aliphatic carbocycles. The van der Waals surface area contributed by atoms with Gasteiger partial charge in [0.05, 0.1) is 33.6 Å². The fourth-order valence-corrected chi connectivity index (χ4v) is 9.09. The van der Waals surface area contributed by atoms with E-state index < -0.39 is 0 Å². The van der Waals surface area contributed by atoms with Gasteiger partial charge in [-0.2, -0.15) is 0 Å². The number of rotatable bonds is 5. The fourth-order valence-electron chi connectivity index (χ4n) is 8.00. The van der Waals surface area contributed by atoms with Crippen LogP contribution in [0.3, 0.4) is 0 Å². The van der Waals surface area contributed by atoms with Crippen LogP contribution in [-0.4, -0.2) is 14.5 Å². The number of hydrogen-bond acceptors (Lipinski definition) is 4. The highest BCUT2D eigenvalue weighted by atomic mass is 32.2. The van der Waals surface area contributed by atoms with Crippen LogP contribution in [0, 0.1) is 0 Å². The van der Waals surface area contributed by atoms with Gasteiger partial charge in [-0.1, -0.05) is 145 Å². The third kappa shape index (κ3) is 5.31. The second-order valence-corrected chi connectivity index (χ2v) is 14.9. The van der Waals surface area contributed by atoms with Gasteiger partial charge >= 0.3 is 0 Å². The van der Waals surface area contributed by atoms with E-state index in [0.29, 0.717) is 5.95 Å². The van der Waals surface area contributed by atoms with Crippen molar-refractivity contribution in [2.24, 2.45) is 0 Å². The van der Waals surface area contributed by atoms with E-state index in [1.807, 2.05) is 23.9 Å². The summed E-state index contributed by atoms with van der Waals surface area (Å²) in [4.78, 5) is 15.4. The van der Waals surface area contributed by atoms with Crippen LogP contribution in [0.25, 0.3) is 72.2 Å². The standard InChI is InChI=1S/C50H32N4S/c1-3-13-33(14-4-1)34-23-25-35(26-24-34)49-40-18-7-9-19-42(40)51-50(52-49)54-43-20-10-8-17-39(43)41-31-36(27-29-44(41)54)37-28-30-46-48(32-37)55-47-22-12-11-21-45(47)53(46)38-15-5-2-6-16-38/h1-32H. The number of benzene rings is 8. The molecule has 2 aromatic heterocycles. The molecule has 0 saturated carbocycles. The van der Waals surface area contributed by atoms with Gasteiger partial charge in [0.25, 0.3) is 0 Å². The molecule has 258 valence electrons. The van der Waals surface area contributed by atoms with Crippen molar-refractivity contribution in [1.29, 1.82) is 0 Å². The van der Waals surface area contributed by atoms with Crippen molar-refractivity contribution in [3.05, 3.63) is 194 Å². The lowest BCUT2D eigenvalue weighted by Gasteiger charge is -2.33. The third-order valence-electron chi connectivity index (χ3n) is 10.6. The minimum atomic E-state index is 0.657. The van der Waals surface area contributed by atoms with Gasteiger partial charge in [-0.15, -0.1) is 0 Å². The number of para-hydroxylation sites is 4. The molecule has 0 unspecified atom stereocenters. The Bertz CT molecular complexity index is 3060. The van der Waals surface area contributed by atoms with Gasteiger partial charge in [0, 0.05) is 37.2 Å². The van der Waals surface area contributed by atoms with Crippen molar-refractivity contribution < 1.29 is 0 Å². The summed E-state index contributed by atoms with van der Waals surface area (Å²) in [6.45, 7) is 0. The topological polar surface area (TPSA) is 34.0 Å². The first-order chi connectivity index (χ1) is 27.3. The molecule has 10 aromatic rings. The SMILES string of the molecule is c1ccc(-c2ccc(-c3nc(-n4c5ccccc5c5cc(-c6ccc7c(c6)Sc6ccccc6N7c6ccccc6)ccc54)nc4ccccc34)cc2)cc1. The first-order valence-corrected chi connectivity index (χ1v) is 19.3. The predicted octanol–water partition coefficient (Wildman–Crippen LogP) is 13.7. The molecule has 0 N–H and O–H groups in total. The molecule has 0 atom stereocenters. The Hall–Kier alpha value is -6.95. The van der Waals surface area contributed by atoms with E-state index in [1.54, 1.807) is 0 Å². The van der Waals surface area contributed by atoms with Crippen LogP contribution < -0.4 is 4.90 Å². The van der Waals surface area contributed by atoms with Crippen LogP contribution in [0.1, 0.15) is 0 Å². The second-order valence-electron chi connectivity index (χ2n) is 13.8. The summed E-state index contributed by atoms with van der Waals surface area (Å²) in [7, 11) is 0. The zero-order valence-electron chi connectivity index (χ0n) is 29.7. The summed E-state index contributed by atoms with van der Waals surface area (Å²) in [6, 6.07) is 69.1. The molecule has 1 aliphatic heterocycles. The van der Waals surface area contributed by atoms with Crippen LogP contribution in [0.4, 0.5) is 17.1 Å². The van der Waals surface area contributed by atoms with Gasteiger partial charge in [0.15, 0.2) is 0 Å². The molecule has 11 rings (SSSR count). The van der Waals surface area contributed by atoms with E-state index in [9.17, 15) is 0 Å². The molecule has 0 fully saturated rings. The van der Waals surface area contributed by atoms with E-state index in [0.717, 1.165) is 38.9 Å². The first-order valence-electron chi connectivity index (χ1n) is 18.5. The maximum atomic E-state index is 5.34. The molecule has 0 spiro atoms. The number of fused-ring (bicyclic) bond motifs is 6. The summed E-state index contributed by atoms with van der Waals surface area (Å²) in [5.74, 6) is 0.657. The number of aromatic nitrogens is 3. The maximum Gasteiger partial charge on any atom is 0.235 e. The van der Waals surface area contributed by atoms with Gasteiger partial charge in [-0.3, -0.25) is 4.57 Å². The van der Waals surface area contributed by atoms with Crippen molar-refractivity contribution in [3.8, 4) is 39.5 Å². The fraction of sp³-hybridized carbons (Fsp3) is 0. The van der Waals surface area contributed by atoms with Gasteiger partial charge in [0.1, 0.15) is 0 Å². The van der Waals surface area contributed by atoms with Gasteiger partial charge in [0.2, 0.25) is 5.95 Å². The maximum absolute atomic E-state index is 5.34. The van der Waals surface area contributed by atoms with Crippen molar-refractivity contribution >= 4 is 61.5 Å².